The second-order valence-corrected chi connectivity index (χ2v) is 11.4. The number of hydrogen-bond acceptors (Lipinski definition) is 6. The molecule has 0 unspecified atom stereocenters. The second kappa shape index (κ2) is 14.3. The van der Waals surface area contributed by atoms with Crippen LogP contribution in [0.25, 0.3) is 6.08 Å². The smallest absolute Gasteiger partial charge is 0.253 e. The van der Waals surface area contributed by atoms with Gasteiger partial charge < -0.3 is 9.80 Å². The minimum Gasteiger partial charge on any atom is -0.355 e. The van der Waals surface area contributed by atoms with Gasteiger partial charge in [0.1, 0.15) is 11.0 Å². The van der Waals surface area contributed by atoms with E-state index in [2.05, 4.69) is 51.2 Å². The highest BCUT2D eigenvalue weighted by Crippen LogP contribution is 2.25. The standard InChI is InChI=1S/C33H34ClN5OS/c1-37(24-27-12-6-3-7-13-27)31-23-30(34)35-33(36-31)41-25-28-14-8-16-29(22-28)32(40)39-20-18-38(19-21-39)17-9-15-26-10-4-2-5-11-26/h2-16,22-23H,17-21,24-25H2,1H3/b15-9+. The van der Waals surface area contributed by atoms with Crippen molar-refractivity contribution in [3.05, 3.63) is 124 Å². The van der Waals surface area contributed by atoms with Gasteiger partial charge in [0.15, 0.2) is 5.16 Å². The van der Waals surface area contributed by atoms with Crippen LogP contribution in [0.15, 0.2) is 102 Å². The van der Waals surface area contributed by atoms with E-state index >= 15 is 0 Å². The first-order chi connectivity index (χ1) is 20.0. The summed E-state index contributed by atoms with van der Waals surface area (Å²) in [6.45, 7) is 4.81. The average molecular weight is 584 g/mol. The number of carbonyl (C=O) groups excluding carboxylic acids is 1. The monoisotopic (exact) mass is 583 g/mol. The Morgan fingerprint density at radius 3 is 2.37 bits per heavy atom. The molecule has 1 aliphatic heterocycles. The van der Waals surface area contributed by atoms with Crippen LogP contribution >= 0.6 is 23.4 Å². The fraction of sp³-hybridized carbons (Fsp3) is 0.242. The van der Waals surface area contributed by atoms with Crippen LogP contribution in [0, 0.1) is 0 Å². The molecule has 3 aromatic carbocycles. The van der Waals surface area contributed by atoms with Crippen molar-refractivity contribution >= 4 is 41.2 Å². The lowest BCUT2D eigenvalue weighted by Gasteiger charge is -2.34. The van der Waals surface area contributed by atoms with Gasteiger partial charge in [-0.05, 0) is 28.8 Å². The highest BCUT2D eigenvalue weighted by molar-refractivity contribution is 7.98. The van der Waals surface area contributed by atoms with Gasteiger partial charge in [0, 0.05) is 63.7 Å². The minimum absolute atomic E-state index is 0.0835. The topological polar surface area (TPSA) is 52.6 Å². The van der Waals surface area contributed by atoms with Crippen LogP contribution in [-0.2, 0) is 12.3 Å². The van der Waals surface area contributed by atoms with Crippen LogP contribution in [0.1, 0.15) is 27.0 Å². The van der Waals surface area contributed by atoms with Gasteiger partial charge in [-0.25, -0.2) is 9.97 Å². The van der Waals surface area contributed by atoms with Crippen molar-refractivity contribution in [1.82, 2.24) is 19.8 Å². The molecule has 1 amide bonds. The first-order valence-corrected chi connectivity index (χ1v) is 15.1. The number of hydrogen-bond donors (Lipinski definition) is 0. The van der Waals surface area contributed by atoms with E-state index in [0.717, 1.165) is 56.2 Å². The number of thioether (sulfide) groups is 1. The maximum absolute atomic E-state index is 13.3. The molecule has 0 aliphatic carbocycles. The molecule has 2 heterocycles. The number of amides is 1. The molecule has 1 saturated heterocycles. The van der Waals surface area contributed by atoms with Crippen molar-refractivity contribution < 1.29 is 4.79 Å². The van der Waals surface area contributed by atoms with Gasteiger partial charge in [0.25, 0.3) is 5.91 Å². The van der Waals surface area contributed by atoms with Crippen molar-refractivity contribution in [3.8, 4) is 0 Å². The number of benzene rings is 3. The van der Waals surface area contributed by atoms with E-state index in [-0.39, 0.29) is 5.91 Å². The Morgan fingerprint density at radius 1 is 0.902 bits per heavy atom. The van der Waals surface area contributed by atoms with Gasteiger partial charge in [0.2, 0.25) is 0 Å². The molecule has 6 nitrogen and oxygen atoms in total. The summed E-state index contributed by atoms with van der Waals surface area (Å²) in [5.74, 6) is 1.50. The van der Waals surface area contributed by atoms with E-state index in [0.29, 0.717) is 16.1 Å². The normalized spacial score (nSPS) is 14.0. The number of rotatable bonds is 10. The van der Waals surface area contributed by atoms with Crippen molar-refractivity contribution in [2.75, 3.05) is 44.7 Å². The van der Waals surface area contributed by atoms with Gasteiger partial charge in [0.05, 0.1) is 0 Å². The maximum atomic E-state index is 13.3. The average Bonchev–Trinajstić information content (AvgIpc) is 3.01. The molecule has 41 heavy (non-hydrogen) atoms. The lowest BCUT2D eigenvalue weighted by molar-refractivity contribution is 0.0650. The largest absolute Gasteiger partial charge is 0.355 e. The molecule has 0 radical (unpaired) electrons. The number of aromatic nitrogens is 2. The third-order valence-corrected chi connectivity index (χ3v) is 8.10. The summed E-state index contributed by atoms with van der Waals surface area (Å²) in [5, 5.41) is 1.03. The Labute approximate surface area is 251 Å². The SMILES string of the molecule is CN(Cc1ccccc1)c1cc(Cl)nc(SCc2cccc(C(=O)N3CCN(C/C=C/c4ccccc4)CC3)c2)n1. The second-order valence-electron chi connectivity index (χ2n) is 10.1. The molecule has 8 heteroatoms. The van der Waals surface area contributed by atoms with Crippen LogP contribution in [0.4, 0.5) is 5.82 Å². The molecule has 0 saturated carbocycles. The summed E-state index contributed by atoms with van der Waals surface area (Å²) in [6, 6.07) is 30.2. The summed E-state index contributed by atoms with van der Waals surface area (Å²) in [7, 11) is 2.00. The molecule has 1 aromatic heterocycles. The van der Waals surface area contributed by atoms with Gasteiger partial charge in [-0.1, -0.05) is 108 Å². The lowest BCUT2D eigenvalue weighted by Crippen LogP contribution is -2.48. The van der Waals surface area contributed by atoms with E-state index < -0.39 is 0 Å². The molecule has 0 spiro atoms. The Morgan fingerprint density at radius 2 is 1.61 bits per heavy atom. The van der Waals surface area contributed by atoms with Gasteiger partial charge in [-0.2, -0.15) is 0 Å². The first kappa shape index (κ1) is 28.9. The van der Waals surface area contributed by atoms with Crippen LogP contribution in [-0.4, -0.2) is 65.4 Å². The summed E-state index contributed by atoms with van der Waals surface area (Å²) in [4.78, 5) is 28.8. The Kier molecular flexibility index (Phi) is 10.1. The molecule has 0 N–H and O–H groups in total. The molecular weight excluding hydrogens is 550 g/mol. The number of carbonyl (C=O) groups is 1. The van der Waals surface area contributed by atoms with Crippen LogP contribution < -0.4 is 4.90 Å². The van der Waals surface area contributed by atoms with E-state index in [1.807, 2.05) is 72.6 Å². The Hall–Kier alpha value is -3.65. The zero-order valence-electron chi connectivity index (χ0n) is 23.2. The van der Waals surface area contributed by atoms with E-state index in [1.165, 1.54) is 22.9 Å². The zero-order chi connectivity index (χ0) is 28.4. The Bertz CT molecular complexity index is 1460. The number of halogens is 1. The predicted octanol–water partition coefficient (Wildman–Crippen LogP) is 6.53. The van der Waals surface area contributed by atoms with Gasteiger partial charge in [-0.15, -0.1) is 0 Å². The van der Waals surface area contributed by atoms with E-state index in [1.54, 1.807) is 6.07 Å². The van der Waals surface area contributed by atoms with E-state index in [4.69, 9.17) is 16.6 Å². The highest BCUT2D eigenvalue weighted by atomic mass is 35.5. The minimum atomic E-state index is 0.0835. The van der Waals surface area contributed by atoms with Crippen molar-refractivity contribution in [1.29, 1.82) is 0 Å². The summed E-state index contributed by atoms with van der Waals surface area (Å²) in [5.41, 5.74) is 4.17. The quantitative estimate of drug-likeness (QED) is 0.120. The lowest BCUT2D eigenvalue weighted by atomic mass is 10.1. The summed E-state index contributed by atoms with van der Waals surface area (Å²) >= 11 is 7.87. The number of anilines is 1. The molecule has 210 valence electrons. The molecule has 5 rings (SSSR count). The van der Waals surface area contributed by atoms with Gasteiger partial charge >= 0.3 is 0 Å². The molecule has 4 aromatic rings. The molecule has 1 fully saturated rings. The highest BCUT2D eigenvalue weighted by Gasteiger charge is 2.22. The van der Waals surface area contributed by atoms with Crippen molar-refractivity contribution in [2.24, 2.45) is 0 Å². The van der Waals surface area contributed by atoms with Crippen LogP contribution in [0.2, 0.25) is 5.15 Å². The fourth-order valence-electron chi connectivity index (χ4n) is 4.74. The zero-order valence-corrected chi connectivity index (χ0v) is 24.8. The Balaban J connectivity index is 1.13. The van der Waals surface area contributed by atoms with E-state index in [9.17, 15) is 4.79 Å². The molecular formula is C33H34ClN5OS. The molecule has 0 atom stereocenters. The van der Waals surface area contributed by atoms with Crippen molar-refractivity contribution in [2.45, 2.75) is 17.5 Å². The maximum Gasteiger partial charge on any atom is 0.253 e. The molecule has 1 aliphatic rings. The third kappa shape index (κ3) is 8.43. The third-order valence-electron chi connectivity index (χ3n) is 6.99. The first-order valence-electron chi connectivity index (χ1n) is 13.8. The summed E-state index contributed by atoms with van der Waals surface area (Å²) < 4.78 is 0. The van der Waals surface area contributed by atoms with Crippen molar-refractivity contribution in [3.63, 3.8) is 0 Å². The van der Waals surface area contributed by atoms with Crippen LogP contribution in [0.3, 0.4) is 0 Å². The van der Waals surface area contributed by atoms with Gasteiger partial charge in [-0.3, -0.25) is 9.69 Å². The number of nitrogens with zero attached hydrogens (tertiary/aromatic N) is 5. The molecule has 0 bridgehead atoms. The fourth-order valence-corrected chi connectivity index (χ4v) is 5.77. The number of piperazine rings is 1. The predicted molar refractivity (Wildman–Crippen MR) is 169 cm³/mol. The summed E-state index contributed by atoms with van der Waals surface area (Å²) in [6.07, 6.45) is 4.35. The van der Waals surface area contributed by atoms with Crippen LogP contribution in [0.5, 0.6) is 0 Å².